The van der Waals surface area contributed by atoms with Gasteiger partial charge in [0.15, 0.2) is 7.37 Å². The maximum atomic E-state index is 11.6. The second-order valence-electron chi connectivity index (χ2n) is 4.56. The van der Waals surface area contributed by atoms with Crippen LogP contribution < -0.4 is 0 Å². The topological polar surface area (TPSA) is 80.7 Å². The number of ether oxygens (including phenoxy) is 1. The Hall–Kier alpha value is -1.45. The van der Waals surface area contributed by atoms with Crippen LogP contribution in [0.5, 0.6) is 0 Å². The van der Waals surface area contributed by atoms with Gasteiger partial charge in [-0.1, -0.05) is 37.3 Å². The van der Waals surface area contributed by atoms with Crippen molar-refractivity contribution in [3.8, 4) is 0 Å². The minimum Gasteiger partial charge on any atom is -0.455 e. The number of Topliss-reactive ketones (excluding diaryl/α,β-unsaturated/α-hetero) is 1. The van der Waals surface area contributed by atoms with Gasteiger partial charge in [-0.3, -0.25) is 9.36 Å². The highest BCUT2D eigenvalue weighted by Crippen LogP contribution is 2.37. The second kappa shape index (κ2) is 6.64. The lowest BCUT2D eigenvalue weighted by molar-refractivity contribution is -0.156. The predicted molar refractivity (Wildman–Crippen MR) is 71.0 cm³/mol. The molecule has 0 amide bonds. The van der Waals surface area contributed by atoms with Crippen LogP contribution in [0, 0.1) is 5.92 Å². The standard InChI is InChI=1S/C13H17O5P/c1-10(9-19(2,16)17)12(14)13(15)18-8-11-6-4-3-5-7-11/h3-7,10H,8-9H2,1-2H3,(H,16,17). The van der Waals surface area contributed by atoms with E-state index in [0.29, 0.717) is 0 Å². The van der Waals surface area contributed by atoms with Crippen LogP contribution in [0.3, 0.4) is 0 Å². The number of carbonyl (C=O) groups is 2. The predicted octanol–water partition coefficient (Wildman–Crippen LogP) is 1.84. The van der Waals surface area contributed by atoms with Crippen molar-refractivity contribution >= 4 is 19.1 Å². The molecule has 1 aromatic carbocycles. The highest BCUT2D eigenvalue weighted by Gasteiger charge is 2.27. The fourth-order valence-electron chi connectivity index (χ4n) is 1.59. The SMILES string of the molecule is CC(CP(C)(=O)O)C(=O)C(=O)OCc1ccccc1. The van der Waals surface area contributed by atoms with Crippen molar-refractivity contribution in [3.63, 3.8) is 0 Å². The maximum Gasteiger partial charge on any atom is 0.375 e. The Morgan fingerprint density at radius 3 is 2.42 bits per heavy atom. The molecule has 0 aliphatic carbocycles. The Bertz CT molecular complexity index is 491. The number of rotatable bonds is 6. The van der Waals surface area contributed by atoms with Gasteiger partial charge < -0.3 is 9.63 Å². The summed E-state index contributed by atoms with van der Waals surface area (Å²) in [5, 5.41) is 0. The number of esters is 1. The van der Waals surface area contributed by atoms with Crippen LogP contribution in [0.15, 0.2) is 30.3 Å². The molecule has 1 aromatic rings. The smallest absolute Gasteiger partial charge is 0.375 e. The average molecular weight is 284 g/mol. The van der Waals surface area contributed by atoms with Crippen molar-refractivity contribution in [1.82, 2.24) is 0 Å². The van der Waals surface area contributed by atoms with Gasteiger partial charge in [-0.25, -0.2) is 4.79 Å². The normalized spacial score (nSPS) is 15.3. The monoisotopic (exact) mass is 284 g/mol. The summed E-state index contributed by atoms with van der Waals surface area (Å²) in [4.78, 5) is 32.3. The van der Waals surface area contributed by atoms with Crippen molar-refractivity contribution in [1.29, 1.82) is 0 Å². The minimum atomic E-state index is -3.32. The fraction of sp³-hybridized carbons (Fsp3) is 0.385. The van der Waals surface area contributed by atoms with Crippen LogP contribution in [-0.2, 0) is 25.5 Å². The Kier molecular flexibility index (Phi) is 5.45. The Balaban J connectivity index is 2.49. The first-order valence-electron chi connectivity index (χ1n) is 5.84. The maximum absolute atomic E-state index is 11.6. The molecule has 0 aromatic heterocycles. The number of ketones is 1. The number of carbonyl (C=O) groups excluding carboxylic acids is 2. The largest absolute Gasteiger partial charge is 0.455 e. The number of hydrogen-bond donors (Lipinski definition) is 1. The van der Waals surface area contributed by atoms with Gasteiger partial charge in [0.05, 0.1) is 0 Å². The molecule has 19 heavy (non-hydrogen) atoms. The van der Waals surface area contributed by atoms with E-state index < -0.39 is 25.0 Å². The zero-order valence-corrected chi connectivity index (χ0v) is 11.8. The van der Waals surface area contributed by atoms with Gasteiger partial charge in [-0.15, -0.1) is 0 Å². The molecule has 0 spiro atoms. The van der Waals surface area contributed by atoms with Crippen molar-refractivity contribution < 1.29 is 23.8 Å². The van der Waals surface area contributed by atoms with Gasteiger partial charge in [-0.2, -0.15) is 0 Å². The first-order chi connectivity index (χ1) is 8.79. The van der Waals surface area contributed by atoms with E-state index in [2.05, 4.69) is 0 Å². The third-order valence-corrected chi connectivity index (χ3v) is 3.70. The van der Waals surface area contributed by atoms with E-state index in [0.717, 1.165) is 12.2 Å². The van der Waals surface area contributed by atoms with Crippen LogP contribution in [0.1, 0.15) is 12.5 Å². The molecule has 0 aliphatic heterocycles. The number of benzene rings is 1. The summed E-state index contributed by atoms with van der Waals surface area (Å²) in [6.45, 7) is 2.62. The average Bonchev–Trinajstić information content (AvgIpc) is 2.34. The van der Waals surface area contributed by atoms with Crippen LogP contribution in [-0.4, -0.2) is 29.5 Å². The Morgan fingerprint density at radius 2 is 1.89 bits per heavy atom. The van der Waals surface area contributed by atoms with E-state index in [1.165, 1.54) is 6.92 Å². The fourth-order valence-corrected chi connectivity index (χ4v) is 2.77. The van der Waals surface area contributed by atoms with E-state index in [4.69, 9.17) is 4.74 Å². The molecule has 104 valence electrons. The molecule has 0 saturated carbocycles. The molecule has 0 aliphatic rings. The highest BCUT2D eigenvalue weighted by atomic mass is 31.2. The van der Waals surface area contributed by atoms with E-state index >= 15 is 0 Å². The summed E-state index contributed by atoms with van der Waals surface area (Å²) in [6, 6.07) is 8.97. The molecule has 5 nitrogen and oxygen atoms in total. The van der Waals surface area contributed by atoms with Gasteiger partial charge in [0.2, 0.25) is 5.78 Å². The summed E-state index contributed by atoms with van der Waals surface area (Å²) < 4.78 is 16.0. The minimum absolute atomic E-state index is 0.0149. The molecule has 6 heteroatoms. The van der Waals surface area contributed by atoms with Crippen molar-refractivity contribution in [2.75, 3.05) is 12.8 Å². The molecule has 0 saturated heterocycles. The molecule has 0 heterocycles. The molecule has 0 bridgehead atoms. The van der Waals surface area contributed by atoms with Gasteiger partial charge in [0.25, 0.3) is 0 Å². The van der Waals surface area contributed by atoms with Gasteiger partial charge in [0, 0.05) is 18.7 Å². The van der Waals surface area contributed by atoms with Gasteiger partial charge in [-0.05, 0) is 5.56 Å². The molecule has 1 rings (SSSR count). The van der Waals surface area contributed by atoms with E-state index in [1.807, 2.05) is 6.07 Å². The summed E-state index contributed by atoms with van der Waals surface area (Å²) in [7, 11) is -3.32. The zero-order valence-electron chi connectivity index (χ0n) is 10.9. The van der Waals surface area contributed by atoms with Crippen molar-refractivity contribution in [2.24, 2.45) is 5.92 Å². The van der Waals surface area contributed by atoms with E-state index in [9.17, 15) is 19.0 Å². The molecule has 2 unspecified atom stereocenters. The number of hydrogen-bond acceptors (Lipinski definition) is 4. The second-order valence-corrected chi connectivity index (χ2v) is 7.03. The van der Waals surface area contributed by atoms with Gasteiger partial charge >= 0.3 is 5.97 Å². The molecule has 1 N–H and O–H groups in total. The van der Waals surface area contributed by atoms with Crippen LogP contribution in [0.25, 0.3) is 0 Å². The van der Waals surface area contributed by atoms with Crippen molar-refractivity contribution in [3.05, 3.63) is 35.9 Å². The van der Waals surface area contributed by atoms with E-state index in [-0.39, 0.29) is 12.8 Å². The van der Waals surface area contributed by atoms with Crippen LogP contribution in [0.4, 0.5) is 0 Å². The lowest BCUT2D eigenvalue weighted by atomic mass is 10.1. The first kappa shape index (κ1) is 15.6. The summed E-state index contributed by atoms with van der Waals surface area (Å²) in [5.74, 6) is -2.55. The molecular weight excluding hydrogens is 267 g/mol. The lowest BCUT2D eigenvalue weighted by Crippen LogP contribution is -2.26. The lowest BCUT2D eigenvalue weighted by Gasteiger charge is -2.11. The first-order valence-corrected chi connectivity index (χ1v) is 8.13. The molecule has 2 atom stereocenters. The zero-order chi connectivity index (χ0) is 14.5. The van der Waals surface area contributed by atoms with Crippen molar-refractivity contribution in [2.45, 2.75) is 13.5 Å². The summed E-state index contributed by atoms with van der Waals surface area (Å²) in [6.07, 6.45) is -0.216. The summed E-state index contributed by atoms with van der Waals surface area (Å²) in [5.41, 5.74) is 0.777. The highest BCUT2D eigenvalue weighted by molar-refractivity contribution is 7.57. The van der Waals surface area contributed by atoms with E-state index in [1.54, 1.807) is 24.3 Å². The summed E-state index contributed by atoms with van der Waals surface area (Å²) >= 11 is 0. The van der Waals surface area contributed by atoms with Gasteiger partial charge in [0.1, 0.15) is 6.61 Å². The van der Waals surface area contributed by atoms with Crippen LogP contribution >= 0.6 is 7.37 Å². The Morgan fingerprint density at radius 1 is 1.32 bits per heavy atom. The molecule has 0 radical (unpaired) electrons. The molecule has 0 fully saturated rings. The third-order valence-electron chi connectivity index (χ3n) is 2.47. The Labute approximate surface area is 112 Å². The van der Waals surface area contributed by atoms with Crippen LogP contribution in [0.2, 0.25) is 0 Å². The quantitative estimate of drug-likeness (QED) is 0.489. The molecular formula is C13H17O5P. The third kappa shape index (κ3) is 5.81.